The maximum Gasteiger partial charge on any atom is 0.387 e. The molecule has 0 saturated carbocycles. The Kier molecular flexibility index (Phi) is 5.09. The molecule has 0 spiro atoms. The smallest absolute Gasteiger partial charge is 0.387 e. The molecule has 0 fully saturated rings. The molecule has 0 saturated heterocycles. The van der Waals surface area contributed by atoms with E-state index in [1.54, 1.807) is 12.1 Å². The lowest BCUT2D eigenvalue weighted by molar-refractivity contribution is -0.134. The maximum atomic E-state index is 12.1. The molecule has 0 amide bonds. The van der Waals surface area contributed by atoms with Crippen LogP contribution >= 0.6 is 15.9 Å². The van der Waals surface area contributed by atoms with Gasteiger partial charge in [0.05, 0.1) is 7.11 Å². The van der Waals surface area contributed by atoms with Crippen LogP contribution in [0.1, 0.15) is 5.56 Å². The van der Waals surface area contributed by atoms with Crippen molar-refractivity contribution >= 4 is 28.0 Å². The van der Waals surface area contributed by atoms with E-state index in [9.17, 15) is 13.6 Å². The molecule has 17 heavy (non-hydrogen) atoms. The molecule has 0 aromatic heterocycles. The lowest BCUT2D eigenvalue weighted by Gasteiger charge is -2.08. The maximum absolute atomic E-state index is 12.1. The van der Waals surface area contributed by atoms with Crippen molar-refractivity contribution < 1.29 is 23.0 Å². The lowest BCUT2D eigenvalue weighted by Crippen LogP contribution is -2.03. The van der Waals surface area contributed by atoms with Crippen molar-refractivity contribution in [3.05, 3.63) is 34.3 Å². The fourth-order valence-corrected chi connectivity index (χ4v) is 1.46. The second kappa shape index (κ2) is 6.34. The summed E-state index contributed by atoms with van der Waals surface area (Å²) in [6.45, 7) is -2.92. The predicted molar refractivity (Wildman–Crippen MR) is 61.8 cm³/mol. The van der Waals surface area contributed by atoms with E-state index < -0.39 is 12.6 Å². The Hall–Kier alpha value is -1.43. The molecule has 1 rings (SSSR count). The van der Waals surface area contributed by atoms with E-state index in [1.807, 2.05) is 0 Å². The van der Waals surface area contributed by atoms with Gasteiger partial charge in [-0.2, -0.15) is 8.78 Å². The molecule has 0 heterocycles. The molecular formula is C11H9BrF2O3. The molecule has 92 valence electrons. The number of hydrogen-bond acceptors (Lipinski definition) is 3. The fourth-order valence-electron chi connectivity index (χ4n) is 1.08. The van der Waals surface area contributed by atoms with E-state index in [4.69, 9.17) is 0 Å². The number of alkyl halides is 2. The fraction of sp³-hybridized carbons (Fsp3) is 0.182. The normalized spacial score (nSPS) is 10.9. The summed E-state index contributed by atoms with van der Waals surface area (Å²) in [5.41, 5.74) is 0.352. The zero-order valence-electron chi connectivity index (χ0n) is 8.82. The van der Waals surface area contributed by atoms with Crippen LogP contribution in [0.25, 0.3) is 6.08 Å². The van der Waals surface area contributed by atoms with Gasteiger partial charge in [-0.25, -0.2) is 4.79 Å². The lowest BCUT2D eigenvalue weighted by atomic mass is 10.2. The molecule has 6 heteroatoms. The molecule has 1 aromatic rings. The highest BCUT2D eigenvalue weighted by atomic mass is 79.9. The zero-order chi connectivity index (χ0) is 12.8. The van der Waals surface area contributed by atoms with Gasteiger partial charge >= 0.3 is 12.6 Å². The second-order valence-electron chi connectivity index (χ2n) is 2.92. The molecule has 1 aromatic carbocycles. The average molecular weight is 307 g/mol. The molecule has 0 aliphatic rings. The van der Waals surface area contributed by atoms with Gasteiger partial charge in [0.15, 0.2) is 0 Å². The first kappa shape index (κ1) is 13.6. The average Bonchev–Trinajstić information content (AvgIpc) is 2.28. The third kappa shape index (κ3) is 4.52. The Balaban J connectivity index is 2.98. The van der Waals surface area contributed by atoms with Gasteiger partial charge in [0, 0.05) is 16.1 Å². The Morgan fingerprint density at radius 2 is 2.18 bits per heavy atom. The molecule has 0 unspecified atom stereocenters. The standard InChI is InChI=1S/C11H9BrF2O3/c1-16-10(15)5-2-7-6-8(12)3-4-9(7)17-11(13)14/h2-6,11H,1H3/b5-2+. The van der Waals surface area contributed by atoms with Crippen LogP contribution in [0.4, 0.5) is 8.78 Å². The number of carbonyl (C=O) groups excluding carboxylic acids is 1. The van der Waals surface area contributed by atoms with E-state index in [0.717, 1.165) is 6.08 Å². The minimum absolute atomic E-state index is 0.0108. The first-order valence-electron chi connectivity index (χ1n) is 4.53. The quantitative estimate of drug-likeness (QED) is 0.633. The van der Waals surface area contributed by atoms with Crippen molar-refractivity contribution in [3.63, 3.8) is 0 Å². The van der Waals surface area contributed by atoms with Crippen molar-refractivity contribution in [1.29, 1.82) is 0 Å². The summed E-state index contributed by atoms with van der Waals surface area (Å²) in [5, 5.41) is 0. The topological polar surface area (TPSA) is 35.5 Å². The van der Waals surface area contributed by atoms with Crippen LogP contribution in [-0.2, 0) is 9.53 Å². The van der Waals surface area contributed by atoms with Crippen molar-refractivity contribution in [2.24, 2.45) is 0 Å². The van der Waals surface area contributed by atoms with E-state index in [-0.39, 0.29) is 5.75 Å². The van der Waals surface area contributed by atoms with Gasteiger partial charge in [0.1, 0.15) is 5.75 Å². The Morgan fingerprint density at radius 3 is 2.76 bits per heavy atom. The number of ether oxygens (including phenoxy) is 2. The van der Waals surface area contributed by atoms with Crippen LogP contribution in [0.15, 0.2) is 28.7 Å². The van der Waals surface area contributed by atoms with Crippen molar-refractivity contribution in [3.8, 4) is 5.75 Å². The highest BCUT2D eigenvalue weighted by Crippen LogP contribution is 2.25. The molecule has 0 aliphatic carbocycles. The van der Waals surface area contributed by atoms with Crippen molar-refractivity contribution in [2.75, 3.05) is 7.11 Å². The Bertz CT molecular complexity index is 433. The minimum atomic E-state index is -2.92. The summed E-state index contributed by atoms with van der Waals surface area (Å²) in [6.07, 6.45) is 2.47. The summed E-state index contributed by atoms with van der Waals surface area (Å²) < 4.78 is 33.6. The van der Waals surface area contributed by atoms with Gasteiger partial charge < -0.3 is 9.47 Å². The summed E-state index contributed by atoms with van der Waals surface area (Å²) in [7, 11) is 1.23. The molecule has 0 N–H and O–H groups in total. The summed E-state index contributed by atoms with van der Waals surface area (Å²) in [4.78, 5) is 10.9. The zero-order valence-corrected chi connectivity index (χ0v) is 10.4. The minimum Gasteiger partial charge on any atom is -0.466 e. The predicted octanol–water partition coefficient (Wildman–Crippen LogP) is 3.24. The summed E-state index contributed by atoms with van der Waals surface area (Å²) in [5.74, 6) is -0.587. The van der Waals surface area contributed by atoms with E-state index in [0.29, 0.717) is 10.0 Å². The van der Waals surface area contributed by atoms with E-state index in [2.05, 4.69) is 25.4 Å². The molecule has 3 nitrogen and oxygen atoms in total. The molecule has 0 aliphatic heterocycles. The molecule has 0 radical (unpaired) electrons. The van der Waals surface area contributed by atoms with Gasteiger partial charge in [-0.15, -0.1) is 0 Å². The second-order valence-corrected chi connectivity index (χ2v) is 3.83. The molecule has 0 atom stereocenters. The first-order chi connectivity index (χ1) is 8.02. The van der Waals surface area contributed by atoms with Crippen LogP contribution in [0.5, 0.6) is 5.75 Å². The van der Waals surface area contributed by atoms with Crippen molar-refractivity contribution in [2.45, 2.75) is 6.61 Å². The number of methoxy groups -OCH3 is 1. The SMILES string of the molecule is COC(=O)/C=C/c1cc(Br)ccc1OC(F)F. The van der Waals surface area contributed by atoms with Gasteiger partial charge in [0.25, 0.3) is 0 Å². The Morgan fingerprint density at radius 1 is 1.47 bits per heavy atom. The third-order valence-corrected chi connectivity index (χ3v) is 2.28. The number of hydrogen-bond donors (Lipinski definition) is 0. The number of carbonyl (C=O) groups is 1. The van der Waals surface area contributed by atoms with Gasteiger partial charge in [-0.05, 0) is 24.3 Å². The van der Waals surface area contributed by atoms with Gasteiger partial charge in [0.2, 0.25) is 0 Å². The Labute approximate surface area is 105 Å². The van der Waals surface area contributed by atoms with E-state index >= 15 is 0 Å². The van der Waals surface area contributed by atoms with Crippen LogP contribution in [0, 0.1) is 0 Å². The van der Waals surface area contributed by atoms with Gasteiger partial charge in [-0.1, -0.05) is 15.9 Å². The van der Waals surface area contributed by atoms with Crippen LogP contribution < -0.4 is 4.74 Å². The van der Waals surface area contributed by atoms with Crippen LogP contribution in [0.3, 0.4) is 0 Å². The highest BCUT2D eigenvalue weighted by Gasteiger charge is 2.08. The third-order valence-electron chi connectivity index (χ3n) is 1.79. The van der Waals surface area contributed by atoms with E-state index in [1.165, 1.54) is 19.3 Å². The highest BCUT2D eigenvalue weighted by molar-refractivity contribution is 9.10. The monoisotopic (exact) mass is 306 g/mol. The largest absolute Gasteiger partial charge is 0.466 e. The van der Waals surface area contributed by atoms with Gasteiger partial charge in [-0.3, -0.25) is 0 Å². The number of rotatable bonds is 4. The first-order valence-corrected chi connectivity index (χ1v) is 5.32. The van der Waals surface area contributed by atoms with Crippen molar-refractivity contribution in [1.82, 2.24) is 0 Å². The van der Waals surface area contributed by atoms with Crippen LogP contribution in [0.2, 0.25) is 0 Å². The summed E-state index contributed by atoms with van der Waals surface area (Å²) >= 11 is 3.19. The molecular weight excluding hydrogens is 298 g/mol. The molecule has 0 bridgehead atoms. The number of esters is 1. The van der Waals surface area contributed by atoms with Crippen LogP contribution in [-0.4, -0.2) is 19.7 Å². The number of halogens is 3. The number of benzene rings is 1. The summed E-state index contributed by atoms with van der Waals surface area (Å²) in [6, 6.07) is 4.50.